The first kappa shape index (κ1) is 14.6. The zero-order chi connectivity index (χ0) is 15.0. The lowest BCUT2D eigenvalue weighted by Crippen LogP contribution is -2.25. The van der Waals surface area contributed by atoms with Crippen LogP contribution >= 0.6 is 0 Å². The van der Waals surface area contributed by atoms with Gasteiger partial charge in [0, 0.05) is 37.1 Å². The van der Waals surface area contributed by atoms with Gasteiger partial charge < -0.3 is 9.80 Å². The van der Waals surface area contributed by atoms with Crippen LogP contribution in [-0.2, 0) is 13.0 Å². The molecule has 1 saturated heterocycles. The van der Waals surface area contributed by atoms with E-state index in [9.17, 15) is 0 Å². The summed E-state index contributed by atoms with van der Waals surface area (Å²) in [6, 6.07) is 4.42. The van der Waals surface area contributed by atoms with Crippen molar-refractivity contribution in [3.05, 3.63) is 35.7 Å². The van der Waals surface area contributed by atoms with Gasteiger partial charge in [0.2, 0.25) is 0 Å². The minimum atomic E-state index is 0.767. The van der Waals surface area contributed by atoms with Gasteiger partial charge in [0.25, 0.3) is 0 Å². The molecule has 0 spiro atoms. The molecule has 3 heterocycles. The molecule has 0 bridgehead atoms. The van der Waals surface area contributed by atoms with Crippen molar-refractivity contribution in [2.45, 2.75) is 33.2 Å². The summed E-state index contributed by atoms with van der Waals surface area (Å²) in [6.45, 7) is 13.4. The van der Waals surface area contributed by atoms with Crippen molar-refractivity contribution in [2.24, 2.45) is 11.8 Å². The molecule has 3 heteroatoms. The van der Waals surface area contributed by atoms with Crippen LogP contribution in [0.15, 0.2) is 18.7 Å². The predicted octanol–water partition coefficient (Wildman–Crippen LogP) is 3.02. The number of nitrogens with zero attached hydrogens (tertiary/aromatic N) is 3. The van der Waals surface area contributed by atoms with E-state index in [0.717, 1.165) is 30.5 Å². The lowest BCUT2D eigenvalue weighted by atomic mass is 10.0. The van der Waals surface area contributed by atoms with E-state index in [2.05, 4.69) is 49.4 Å². The summed E-state index contributed by atoms with van der Waals surface area (Å²) in [4.78, 5) is 9.67. The normalized spacial score (nSPS) is 22.4. The van der Waals surface area contributed by atoms with E-state index in [1.807, 2.05) is 0 Å². The maximum Gasteiger partial charge on any atom is 0.0692 e. The number of hydrogen-bond donors (Lipinski definition) is 0. The van der Waals surface area contributed by atoms with Crippen LogP contribution in [0, 0.1) is 11.8 Å². The summed E-state index contributed by atoms with van der Waals surface area (Å²) < 4.78 is 0. The first-order chi connectivity index (χ1) is 10.0. The Morgan fingerprint density at radius 3 is 2.95 bits per heavy atom. The maximum absolute atomic E-state index is 4.88. The summed E-state index contributed by atoms with van der Waals surface area (Å²) in [6.07, 6.45) is 2.44. The quantitative estimate of drug-likeness (QED) is 0.847. The molecule has 0 aliphatic carbocycles. The van der Waals surface area contributed by atoms with Gasteiger partial charge >= 0.3 is 0 Å². The molecule has 0 N–H and O–H groups in total. The fourth-order valence-electron chi connectivity index (χ4n) is 3.63. The Hall–Kier alpha value is -1.35. The Balaban J connectivity index is 1.62. The molecule has 2 aliphatic heterocycles. The van der Waals surface area contributed by atoms with Gasteiger partial charge in [-0.2, -0.15) is 0 Å². The highest BCUT2D eigenvalue weighted by atomic mass is 15.1. The molecule has 1 unspecified atom stereocenters. The molecule has 0 saturated carbocycles. The molecule has 114 valence electrons. The van der Waals surface area contributed by atoms with Crippen molar-refractivity contribution in [3.63, 3.8) is 0 Å². The van der Waals surface area contributed by atoms with Crippen LogP contribution < -0.4 is 0 Å². The van der Waals surface area contributed by atoms with E-state index in [1.165, 1.54) is 43.0 Å². The minimum Gasteiger partial charge on any atom is -0.369 e. The molecular weight excluding hydrogens is 258 g/mol. The molecule has 2 aliphatic rings. The van der Waals surface area contributed by atoms with Crippen LogP contribution in [0.4, 0.5) is 0 Å². The van der Waals surface area contributed by atoms with Crippen LogP contribution in [0.5, 0.6) is 0 Å². The number of likely N-dealkylation sites (tertiary alicyclic amines) is 1. The van der Waals surface area contributed by atoms with Gasteiger partial charge in [-0.3, -0.25) is 4.98 Å². The monoisotopic (exact) mass is 285 g/mol. The number of pyridine rings is 1. The fourth-order valence-corrected chi connectivity index (χ4v) is 3.63. The van der Waals surface area contributed by atoms with E-state index in [-0.39, 0.29) is 0 Å². The summed E-state index contributed by atoms with van der Waals surface area (Å²) in [5.74, 6) is 1.54. The second kappa shape index (κ2) is 5.80. The van der Waals surface area contributed by atoms with Crippen molar-refractivity contribution in [1.29, 1.82) is 0 Å². The standard InChI is InChI=1S/C18H27N3/c1-13(2)10-21-8-7-15(11-21)9-16-5-6-17-14(3)20(4)12-18(17)19-16/h5-6,13,15H,3,7-12H2,1-2,4H3. The summed E-state index contributed by atoms with van der Waals surface area (Å²) >= 11 is 0. The van der Waals surface area contributed by atoms with E-state index >= 15 is 0 Å². The van der Waals surface area contributed by atoms with Crippen molar-refractivity contribution in [1.82, 2.24) is 14.8 Å². The topological polar surface area (TPSA) is 19.4 Å². The molecule has 0 amide bonds. The third-order valence-electron chi connectivity index (χ3n) is 4.68. The SMILES string of the molecule is C=C1c2ccc(CC3CCN(CC(C)C)C3)nc2CN1C. The van der Waals surface area contributed by atoms with Crippen LogP contribution in [-0.4, -0.2) is 41.5 Å². The molecule has 1 fully saturated rings. The summed E-state index contributed by atoms with van der Waals surface area (Å²) in [7, 11) is 2.09. The van der Waals surface area contributed by atoms with Gasteiger partial charge in [0.05, 0.1) is 12.2 Å². The average Bonchev–Trinajstić information content (AvgIpc) is 2.95. The van der Waals surface area contributed by atoms with Gasteiger partial charge in [-0.15, -0.1) is 0 Å². The van der Waals surface area contributed by atoms with E-state index in [1.54, 1.807) is 0 Å². The molecule has 1 aromatic rings. The fraction of sp³-hybridized carbons (Fsp3) is 0.611. The zero-order valence-electron chi connectivity index (χ0n) is 13.6. The maximum atomic E-state index is 4.88. The molecule has 0 radical (unpaired) electrons. The lowest BCUT2D eigenvalue weighted by molar-refractivity contribution is 0.287. The Morgan fingerprint density at radius 2 is 2.19 bits per heavy atom. The second-order valence-corrected chi connectivity index (χ2v) is 7.11. The highest BCUT2D eigenvalue weighted by Gasteiger charge is 2.25. The van der Waals surface area contributed by atoms with Gasteiger partial charge in [-0.25, -0.2) is 0 Å². The van der Waals surface area contributed by atoms with Crippen molar-refractivity contribution in [3.8, 4) is 0 Å². The van der Waals surface area contributed by atoms with Gasteiger partial charge in [0.15, 0.2) is 0 Å². The van der Waals surface area contributed by atoms with Crippen LogP contribution in [0.2, 0.25) is 0 Å². The molecule has 0 aromatic carbocycles. The predicted molar refractivity (Wildman–Crippen MR) is 87.8 cm³/mol. The molecule has 1 atom stereocenters. The van der Waals surface area contributed by atoms with E-state index < -0.39 is 0 Å². The van der Waals surface area contributed by atoms with E-state index in [0.29, 0.717) is 0 Å². The summed E-state index contributed by atoms with van der Waals surface area (Å²) in [5, 5.41) is 0. The highest BCUT2D eigenvalue weighted by Crippen LogP contribution is 2.29. The Labute approximate surface area is 128 Å². The number of rotatable bonds is 4. The Morgan fingerprint density at radius 1 is 1.38 bits per heavy atom. The van der Waals surface area contributed by atoms with Gasteiger partial charge in [-0.05, 0) is 43.4 Å². The molecule has 3 nitrogen and oxygen atoms in total. The van der Waals surface area contributed by atoms with E-state index in [4.69, 9.17) is 4.98 Å². The summed E-state index contributed by atoms with van der Waals surface area (Å²) in [5.41, 5.74) is 4.80. The number of fused-ring (bicyclic) bond motifs is 1. The lowest BCUT2D eigenvalue weighted by Gasteiger charge is -2.18. The van der Waals surface area contributed by atoms with Crippen LogP contribution in [0.3, 0.4) is 0 Å². The van der Waals surface area contributed by atoms with Gasteiger partial charge in [0.1, 0.15) is 0 Å². The van der Waals surface area contributed by atoms with Crippen molar-refractivity contribution < 1.29 is 0 Å². The molecular formula is C18H27N3. The number of aromatic nitrogens is 1. The average molecular weight is 285 g/mol. The first-order valence-corrected chi connectivity index (χ1v) is 8.14. The minimum absolute atomic E-state index is 0.767. The van der Waals surface area contributed by atoms with Crippen molar-refractivity contribution in [2.75, 3.05) is 26.7 Å². The molecule has 3 rings (SSSR count). The van der Waals surface area contributed by atoms with Crippen LogP contribution in [0.1, 0.15) is 37.2 Å². The largest absolute Gasteiger partial charge is 0.369 e. The Bertz CT molecular complexity index is 535. The number of hydrogen-bond acceptors (Lipinski definition) is 3. The molecule has 1 aromatic heterocycles. The van der Waals surface area contributed by atoms with Crippen LogP contribution in [0.25, 0.3) is 5.70 Å². The zero-order valence-corrected chi connectivity index (χ0v) is 13.6. The second-order valence-electron chi connectivity index (χ2n) is 7.11. The third-order valence-corrected chi connectivity index (χ3v) is 4.68. The first-order valence-electron chi connectivity index (χ1n) is 8.14. The third kappa shape index (κ3) is 3.13. The van der Waals surface area contributed by atoms with Crippen molar-refractivity contribution >= 4 is 5.70 Å². The van der Waals surface area contributed by atoms with Gasteiger partial charge in [-0.1, -0.05) is 20.4 Å². The Kier molecular flexibility index (Phi) is 4.03. The highest BCUT2D eigenvalue weighted by molar-refractivity contribution is 5.67. The molecule has 21 heavy (non-hydrogen) atoms. The smallest absolute Gasteiger partial charge is 0.0692 e.